The van der Waals surface area contributed by atoms with Gasteiger partial charge in [-0.25, -0.2) is 4.79 Å². The van der Waals surface area contributed by atoms with Crippen LogP contribution in [-0.4, -0.2) is 29.3 Å². The lowest BCUT2D eigenvalue weighted by atomic mass is 10.00. The number of nitrogens with zero attached hydrogens (tertiary/aromatic N) is 2. The standard InChI is InChI=1S/C29H26N2O2/c1-2-33-29(32)27(21-22-16-18-23(19-17-22)26-15-9-10-20-30-26)31-28(24-11-5-3-6-12-24)25-13-7-4-8-14-25/h3-20,27H,2,21H2,1H3/t27-/m0/s1. The molecule has 0 spiro atoms. The van der Waals surface area contributed by atoms with Crippen molar-refractivity contribution >= 4 is 11.7 Å². The Labute approximate surface area is 194 Å². The van der Waals surface area contributed by atoms with Crippen molar-refractivity contribution in [1.82, 2.24) is 4.98 Å². The van der Waals surface area contributed by atoms with E-state index in [1.807, 2.05) is 110 Å². The summed E-state index contributed by atoms with van der Waals surface area (Å²) in [5.41, 5.74) is 5.66. The number of pyridine rings is 1. The Morgan fingerprint density at radius 2 is 1.42 bits per heavy atom. The van der Waals surface area contributed by atoms with E-state index in [0.29, 0.717) is 13.0 Å². The second-order valence-corrected chi connectivity index (χ2v) is 7.59. The SMILES string of the molecule is CCOC(=O)[C@H](Cc1ccc(-c2ccccn2)cc1)N=C(c1ccccc1)c1ccccc1. The number of carbonyl (C=O) groups excluding carboxylic acids is 1. The smallest absolute Gasteiger partial charge is 0.331 e. The Balaban J connectivity index is 1.67. The van der Waals surface area contributed by atoms with Crippen LogP contribution in [0.25, 0.3) is 11.3 Å². The first-order valence-electron chi connectivity index (χ1n) is 11.1. The predicted molar refractivity (Wildman–Crippen MR) is 132 cm³/mol. The first-order valence-corrected chi connectivity index (χ1v) is 11.1. The van der Waals surface area contributed by atoms with Crippen molar-refractivity contribution in [3.63, 3.8) is 0 Å². The second-order valence-electron chi connectivity index (χ2n) is 7.59. The predicted octanol–water partition coefficient (Wildman–Crippen LogP) is 5.76. The average Bonchev–Trinajstić information content (AvgIpc) is 2.88. The van der Waals surface area contributed by atoms with Gasteiger partial charge in [0.2, 0.25) is 0 Å². The molecule has 4 heteroatoms. The van der Waals surface area contributed by atoms with Crippen molar-refractivity contribution in [2.24, 2.45) is 4.99 Å². The number of aliphatic imine (C=N–C) groups is 1. The van der Waals surface area contributed by atoms with Crippen molar-refractivity contribution < 1.29 is 9.53 Å². The van der Waals surface area contributed by atoms with E-state index >= 15 is 0 Å². The molecular weight excluding hydrogens is 408 g/mol. The molecule has 4 nitrogen and oxygen atoms in total. The molecule has 4 aromatic rings. The van der Waals surface area contributed by atoms with Crippen LogP contribution in [-0.2, 0) is 16.0 Å². The maximum absolute atomic E-state index is 12.9. The molecule has 164 valence electrons. The minimum absolute atomic E-state index is 0.315. The molecule has 0 bridgehead atoms. The molecule has 0 aliphatic carbocycles. The van der Waals surface area contributed by atoms with Crippen LogP contribution in [0.4, 0.5) is 0 Å². The first-order chi connectivity index (χ1) is 16.2. The molecule has 0 amide bonds. The maximum Gasteiger partial charge on any atom is 0.331 e. The zero-order valence-electron chi connectivity index (χ0n) is 18.6. The summed E-state index contributed by atoms with van der Waals surface area (Å²) in [6.45, 7) is 2.13. The van der Waals surface area contributed by atoms with Crippen LogP contribution in [0.5, 0.6) is 0 Å². The third kappa shape index (κ3) is 5.80. The summed E-state index contributed by atoms with van der Waals surface area (Å²) >= 11 is 0. The molecule has 1 aromatic heterocycles. The van der Waals surface area contributed by atoms with Crippen molar-refractivity contribution in [3.05, 3.63) is 126 Å². The van der Waals surface area contributed by atoms with E-state index in [1.165, 1.54) is 0 Å². The van der Waals surface area contributed by atoms with Gasteiger partial charge in [0.25, 0.3) is 0 Å². The number of ether oxygens (including phenoxy) is 1. The highest BCUT2D eigenvalue weighted by Crippen LogP contribution is 2.19. The van der Waals surface area contributed by atoms with Crippen LogP contribution in [0.3, 0.4) is 0 Å². The molecule has 1 atom stereocenters. The molecular formula is C29H26N2O2. The van der Waals surface area contributed by atoms with Gasteiger partial charge in [-0.05, 0) is 24.6 Å². The van der Waals surface area contributed by atoms with Crippen molar-refractivity contribution in [3.8, 4) is 11.3 Å². The lowest BCUT2D eigenvalue weighted by Crippen LogP contribution is -2.26. The van der Waals surface area contributed by atoms with Crippen LogP contribution in [0, 0.1) is 0 Å². The van der Waals surface area contributed by atoms with Crippen LogP contribution in [0.2, 0.25) is 0 Å². The minimum Gasteiger partial charge on any atom is -0.464 e. The summed E-state index contributed by atoms with van der Waals surface area (Å²) in [6.07, 6.45) is 2.23. The summed E-state index contributed by atoms with van der Waals surface area (Å²) < 4.78 is 5.39. The number of aromatic nitrogens is 1. The Morgan fingerprint density at radius 3 is 1.97 bits per heavy atom. The number of hydrogen-bond donors (Lipinski definition) is 0. The molecule has 0 saturated carbocycles. The Kier molecular flexibility index (Phi) is 7.39. The lowest BCUT2D eigenvalue weighted by Gasteiger charge is -2.15. The number of esters is 1. The molecule has 0 aliphatic heterocycles. The fourth-order valence-electron chi connectivity index (χ4n) is 3.65. The lowest BCUT2D eigenvalue weighted by molar-refractivity contribution is -0.144. The second kappa shape index (κ2) is 11.0. The highest BCUT2D eigenvalue weighted by Gasteiger charge is 2.21. The molecule has 0 aliphatic rings. The number of hydrogen-bond acceptors (Lipinski definition) is 4. The summed E-state index contributed by atoms with van der Waals surface area (Å²) in [7, 11) is 0. The van der Waals surface area contributed by atoms with E-state index in [1.54, 1.807) is 6.20 Å². The zero-order chi connectivity index (χ0) is 22.9. The first kappa shape index (κ1) is 22.2. The maximum atomic E-state index is 12.9. The number of benzene rings is 3. The summed E-state index contributed by atoms with van der Waals surface area (Å²) in [5, 5.41) is 0. The molecule has 0 unspecified atom stereocenters. The van der Waals surface area contributed by atoms with Crippen molar-refractivity contribution in [2.75, 3.05) is 6.61 Å². The highest BCUT2D eigenvalue weighted by atomic mass is 16.5. The van der Waals surface area contributed by atoms with E-state index in [2.05, 4.69) is 4.98 Å². The number of rotatable bonds is 8. The molecule has 0 N–H and O–H groups in total. The molecule has 33 heavy (non-hydrogen) atoms. The van der Waals surface area contributed by atoms with Crippen molar-refractivity contribution in [1.29, 1.82) is 0 Å². The van der Waals surface area contributed by atoms with Gasteiger partial charge in [-0.2, -0.15) is 0 Å². The van der Waals surface area contributed by atoms with E-state index in [9.17, 15) is 4.79 Å². The largest absolute Gasteiger partial charge is 0.464 e. The van der Waals surface area contributed by atoms with Gasteiger partial charge in [-0.15, -0.1) is 0 Å². The van der Waals surface area contributed by atoms with Crippen molar-refractivity contribution in [2.45, 2.75) is 19.4 Å². The summed E-state index contributed by atoms with van der Waals surface area (Å²) in [4.78, 5) is 22.2. The van der Waals surface area contributed by atoms with E-state index in [4.69, 9.17) is 9.73 Å². The third-order valence-electron chi connectivity index (χ3n) is 5.28. The molecule has 4 rings (SSSR count). The third-order valence-corrected chi connectivity index (χ3v) is 5.28. The van der Waals surface area contributed by atoms with Gasteiger partial charge in [0.1, 0.15) is 0 Å². The average molecular weight is 435 g/mol. The quantitative estimate of drug-likeness (QED) is 0.262. The van der Waals surface area contributed by atoms with Gasteiger partial charge in [-0.1, -0.05) is 91.0 Å². The van der Waals surface area contributed by atoms with Gasteiger partial charge in [-0.3, -0.25) is 9.98 Å². The normalized spacial score (nSPS) is 11.4. The number of carbonyl (C=O) groups is 1. The van der Waals surface area contributed by atoms with E-state index < -0.39 is 6.04 Å². The summed E-state index contributed by atoms with van der Waals surface area (Å²) in [6, 6.07) is 33.2. The van der Waals surface area contributed by atoms with Gasteiger partial charge >= 0.3 is 5.97 Å². The topological polar surface area (TPSA) is 51.5 Å². The Bertz CT molecular complexity index is 1150. The Hall–Kier alpha value is -4.05. The van der Waals surface area contributed by atoms with Crippen LogP contribution < -0.4 is 0 Å². The van der Waals surface area contributed by atoms with E-state index in [0.717, 1.165) is 33.7 Å². The molecule has 0 saturated heterocycles. The zero-order valence-corrected chi connectivity index (χ0v) is 18.6. The highest BCUT2D eigenvalue weighted by molar-refractivity contribution is 6.13. The van der Waals surface area contributed by atoms with Crippen LogP contribution in [0.15, 0.2) is 114 Å². The van der Waals surface area contributed by atoms with Crippen LogP contribution in [0.1, 0.15) is 23.6 Å². The monoisotopic (exact) mass is 434 g/mol. The molecule has 0 radical (unpaired) electrons. The molecule has 3 aromatic carbocycles. The van der Waals surface area contributed by atoms with Gasteiger partial charge in [0.05, 0.1) is 18.0 Å². The molecule has 1 heterocycles. The van der Waals surface area contributed by atoms with Gasteiger partial charge in [0.15, 0.2) is 6.04 Å². The van der Waals surface area contributed by atoms with E-state index in [-0.39, 0.29) is 5.97 Å². The van der Waals surface area contributed by atoms with Gasteiger partial charge in [0, 0.05) is 29.3 Å². The fourth-order valence-corrected chi connectivity index (χ4v) is 3.65. The Morgan fingerprint density at radius 1 is 0.818 bits per heavy atom. The fraction of sp³-hybridized carbons (Fsp3) is 0.138. The van der Waals surface area contributed by atoms with Gasteiger partial charge < -0.3 is 4.74 Å². The molecule has 0 fully saturated rings. The van der Waals surface area contributed by atoms with Crippen LogP contribution >= 0.6 is 0 Å². The summed E-state index contributed by atoms with van der Waals surface area (Å²) in [5.74, 6) is -0.323. The minimum atomic E-state index is -0.652.